The quantitative estimate of drug-likeness (QED) is 0.482. The highest BCUT2D eigenvalue weighted by Crippen LogP contribution is 2.10. The zero-order valence-electron chi connectivity index (χ0n) is 11.2. The Morgan fingerprint density at radius 2 is 1.89 bits per heavy atom. The van der Waals surface area contributed by atoms with Gasteiger partial charge in [0.1, 0.15) is 0 Å². The Kier molecular flexibility index (Phi) is 5.73. The van der Waals surface area contributed by atoms with E-state index < -0.39 is 11.8 Å². The van der Waals surface area contributed by atoms with Crippen molar-refractivity contribution in [3.8, 4) is 0 Å². The Morgan fingerprint density at radius 1 is 1.16 bits per heavy atom. The average molecular weight is 262 g/mol. The molecule has 1 rings (SSSR count). The van der Waals surface area contributed by atoms with Crippen molar-refractivity contribution in [3.05, 3.63) is 29.8 Å². The molecule has 0 aromatic heterocycles. The molecule has 1 aromatic rings. The summed E-state index contributed by atoms with van der Waals surface area (Å²) in [5.74, 6) is -1.48. The van der Waals surface area contributed by atoms with E-state index in [0.29, 0.717) is 17.8 Å². The van der Waals surface area contributed by atoms with Gasteiger partial charge in [0.15, 0.2) is 5.78 Å². The molecule has 0 atom stereocenters. The summed E-state index contributed by atoms with van der Waals surface area (Å²) in [4.78, 5) is 34.2. The van der Waals surface area contributed by atoms with E-state index in [1.54, 1.807) is 24.3 Å². The number of unbranched alkanes of at least 4 members (excludes halogenated alkanes) is 1. The van der Waals surface area contributed by atoms with Crippen LogP contribution in [0.4, 0.5) is 5.69 Å². The van der Waals surface area contributed by atoms with Crippen LogP contribution in [0.3, 0.4) is 0 Å². The van der Waals surface area contributed by atoms with Crippen molar-refractivity contribution in [2.24, 2.45) is 0 Å². The number of ketones is 1. The number of benzene rings is 1. The molecule has 0 spiro atoms. The molecule has 5 heteroatoms. The Morgan fingerprint density at radius 3 is 2.53 bits per heavy atom. The summed E-state index contributed by atoms with van der Waals surface area (Å²) in [7, 11) is 0. The van der Waals surface area contributed by atoms with Gasteiger partial charge >= 0.3 is 11.8 Å². The third-order valence-electron chi connectivity index (χ3n) is 2.55. The fraction of sp³-hybridized carbons (Fsp3) is 0.357. The van der Waals surface area contributed by atoms with Gasteiger partial charge in [-0.15, -0.1) is 0 Å². The van der Waals surface area contributed by atoms with Gasteiger partial charge < -0.3 is 10.6 Å². The summed E-state index contributed by atoms with van der Waals surface area (Å²) in [6.07, 6.45) is 1.78. The van der Waals surface area contributed by atoms with Crippen molar-refractivity contribution in [2.45, 2.75) is 26.7 Å². The first-order valence-corrected chi connectivity index (χ1v) is 6.24. The number of hydrogen-bond acceptors (Lipinski definition) is 3. The molecular formula is C14H18N2O3. The largest absolute Gasteiger partial charge is 0.348 e. The molecule has 2 amide bonds. The van der Waals surface area contributed by atoms with Crippen LogP contribution in [0.5, 0.6) is 0 Å². The Balaban J connectivity index is 2.59. The lowest BCUT2D eigenvalue weighted by Gasteiger charge is -2.06. The van der Waals surface area contributed by atoms with E-state index >= 15 is 0 Å². The van der Waals surface area contributed by atoms with Crippen LogP contribution in [-0.2, 0) is 9.59 Å². The van der Waals surface area contributed by atoms with Crippen molar-refractivity contribution in [1.29, 1.82) is 0 Å². The minimum absolute atomic E-state index is 0.0940. The lowest BCUT2D eigenvalue weighted by Crippen LogP contribution is -2.35. The van der Waals surface area contributed by atoms with Crippen LogP contribution in [-0.4, -0.2) is 24.1 Å². The zero-order chi connectivity index (χ0) is 14.3. The molecular weight excluding hydrogens is 244 g/mol. The summed E-state index contributed by atoms with van der Waals surface area (Å²) >= 11 is 0. The van der Waals surface area contributed by atoms with Gasteiger partial charge in [-0.3, -0.25) is 14.4 Å². The highest BCUT2D eigenvalue weighted by molar-refractivity contribution is 6.39. The number of hydrogen-bond donors (Lipinski definition) is 2. The second-order valence-corrected chi connectivity index (χ2v) is 4.20. The molecule has 102 valence electrons. The van der Waals surface area contributed by atoms with Crippen molar-refractivity contribution in [1.82, 2.24) is 5.32 Å². The molecule has 0 radical (unpaired) electrons. The predicted molar refractivity (Wildman–Crippen MR) is 73.0 cm³/mol. The molecule has 0 aliphatic heterocycles. The van der Waals surface area contributed by atoms with Gasteiger partial charge in [-0.05, 0) is 25.5 Å². The molecule has 0 unspecified atom stereocenters. The van der Waals surface area contributed by atoms with Crippen molar-refractivity contribution < 1.29 is 14.4 Å². The molecule has 19 heavy (non-hydrogen) atoms. The molecule has 0 saturated heterocycles. The van der Waals surface area contributed by atoms with E-state index in [1.807, 2.05) is 6.92 Å². The molecule has 1 aromatic carbocycles. The standard InChI is InChI=1S/C14H18N2O3/c1-3-4-8-15-13(18)14(19)16-12-7-5-6-11(9-12)10(2)17/h5-7,9H,3-4,8H2,1-2H3,(H,15,18)(H,16,19). The highest BCUT2D eigenvalue weighted by atomic mass is 16.2. The van der Waals surface area contributed by atoms with E-state index in [4.69, 9.17) is 0 Å². The van der Waals surface area contributed by atoms with Crippen LogP contribution < -0.4 is 10.6 Å². The number of carbonyl (C=O) groups is 3. The predicted octanol–water partition coefficient (Wildman–Crippen LogP) is 1.74. The number of nitrogens with one attached hydrogen (secondary N) is 2. The maximum atomic E-state index is 11.6. The molecule has 0 saturated carbocycles. The molecule has 0 fully saturated rings. The topological polar surface area (TPSA) is 75.3 Å². The van der Waals surface area contributed by atoms with Crippen LogP contribution in [0.1, 0.15) is 37.0 Å². The molecule has 0 aliphatic carbocycles. The number of rotatable bonds is 5. The third-order valence-corrected chi connectivity index (χ3v) is 2.55. The summed E-state index contributed by atoms with van der Waals surface area (Å²) in [5.41, 5.74) is 0.924. The monoisotopic (exact) mass is 262 g/mol. The normalized spacial score (nSPS) is 9.79. The van der Waals surface area contributed by atoms with E-state index in [0.717, 1.165) is 12.8 Å². The summed E-state index contributed by atoms with van der Waals surface area (Å²) < 4.78 is 0. The first-order chi connectivity index (χ1) is 9.04. The highest BCUT2D eigenvalue weighted by Gasteiger charge is 2.13. The van der Waals surface area contributed by atoms with Crippen LogP contribution in [0, 0.1) is 0 Å². The minimum Gasteiger partial charge on any atom is -0.348 e. The number of anilines is 1. The molecule has 0 aliphatic rings. The average Bonchev–Trinajstić information content (AvgIpc) is 2.39. The van der Waals surface area contributed by atoms with Crippen LogP contribution >= 0.6 is 0 Å². The number of Topliss-reactive ketones (excluding diaryl/α,β-unsaturated/α-hetero) is 1. The molecule has 2 N–H and O–H groups in total. The summed E-state index contributed by atoms with van der Waals surface area (Å²) in [6.45, 7) is 3.92. The summed E-state index contributed by atoms with van der Waals surface area (Å²) in [6, 6.07) is 6.48. The van der Waals surface area contributed by atoms with E-state index in [2.05, 4.69) is 10.6 Å². The SMILES string of the molecule is CCCCNC(=O)C(=O)Nc1cccc(C(C)=O)c1. The van der Waals surface area contributed by atoms with E-state index in [9.17, 15) is 14.4 Å². The van der Waals surface area contributed by atoms with Crippen molar-refractivity contribution >= 4 is 23.3 Å². The third kappa shape index (κ3) is 4.91. The smallest absolute Gasteiger partial charge is 0.313 e. The zero-order valence-corrected chi connectivity index (χ0v) is 11.2. The maximum absolute atomic E-state index is 11.6. The minimum atomic E-state index is -0.725. The fourth-order valence-corrected chi connectivity index (χ4v) is 1.46. The Hall–Kier alpha value is -2.17. The Bertz CT molecular complexity index is 483. The van der Waals surface area contributed by atoms with Gasteiger partial charge in [-0.2, -0.15) is 0 Å². The van der Waals surface area contributed by atoms with Gasteiger partial charge in [0.2, 0.25) is 0 Å². The van der Waals surface area contributed by atoms with E-state index in [-0.39, 0.29) is 5.78 Å². The van der Waals surface area contributed by atoms with Crippen molar-refractivity contribution in [3.63, 3.8) is 0 Å². The fourth-order valence-electron chi connectivity index (χ4n) is 1.46. The summed E-state index contributed by atoms with van der Waals surface area (Å²) in [5, 5.41) is 4.98. The lowest BCUT2D eigenvalue weighted by atomic mass is 10.1. The number of carbonyl (C=O) groups excluding carboxylic acids is 3. The second-order valence-electron chi connectivity index (χ2n) is 4.20. The van der Waals surface area contributed by atoms with Gasteiger partial charge in [0.05, 0.1) is 0 Å². The lowest BCUT2D eigenvalue weighted by molar-refractivity contribution is -0.136. The first-order valence-electron chi connectivity index (χ1n) is 6.24. The Labute approximate surface area is 112 Å². The van der Waals surface area contributed by atoms with E-state index in [1.165, 1.54) is 6.92 Å². The van der Waals surface area contributed by atoms with Crippen LogP contribution in [0.25, 0.3) is 0 Å². The molecule has 5 nitrogen and oxygen atoms in total. The van der Waals surface area contributed by atoms with Gasteiger partial charge in [0, 0.05) is 17.8 Å². The van der Waals surface area contributed by atoms with Gasteiger partial charge in [-0.1, -0.05) is 25.5 Å². The van der Waals surface area contributed by atoms with Gasteiger partial charge in [0.25, 0.3) is 0 Å². The molecule has 0 bridgehead atoms. The molecule has 0 heterocycles. The van der Waals surface area contributed by atoms with Gasteiger partial charge in [-0.25, -0.2) is 0 Å². The van der Waals surface area contributed by atoms with Crippen LogP contribution in [0.2, 0.25) is 0 Å². The second kappa shape index (κ2) is 7.31. The van der Waals surface area contributed by atoms with Crippen molar-refractivity contribution in [2.75, 3.05) is 11.9 Å². The van der Waals surface area contributed by atoms with Crippen LogP contribution in [0.15, 0.2) is 24.3 Å². The number of amides is 2. The first kappa shape index (κ1) is 14.9. The maximum Gasteiger partial charge on any atom is 0.313 e.